The molecule has 0 spiro atoms. The lowest BCUT2D eigenvalue weighted by Gasteiger charge is -2.09. The van der Waals surface area contributed by atoms with Crippen LogP contribution in [0.2, 0.25) is 0 Å². The average Bonchev–Trinajstić information content (AvgIpc) is 2.65. The predicted molar refractivity (Wildman–Crippen MR) is 59.7 cm³/mol. The van der Waals surface area contributed by atoms with Crippen molar-refractivity contribution in [3.8, 4) is 5.75 Å². The van der Waals surface area contributed by atoms with Gasteiger partial charge in [0.15, 0.2) is 0 Å². The molecule has 4 nitrogen and oxygen atoms in total. The molecule has 0 fully saturated rings. The van der Waals surface area contributed by atoms with Crippen molar-refractivity contribution < 1.29 is 17.9 Å². The number of aromatic nitrogens is 2. The lowest BCUT2D eigenvalue weighted by molar-refractivity contribution is -0.274. The Morgan fingerprint density at radius 2 is 1.89 bits per heavy atom. The van der Waals surface area contributed by atoms with E-state index in [2.05, 4.69) is 20.0 Å². The highest BCUT2D eigenvalue weighted by atomic mass is 19.4. The van der Waals surface area contributed by atoms with E-state index in [1.807, 2.05) is 6.92 Å². The number of halogens is 3. The van der Waals surface area contributed by atoms with E-state index in [0.717, 1.165) is 5.69 Å². The lowest BCUT2D eigenvalue weighted by Crippen LogP contribution is -2.16. The van der Waals surface area contributed by atoms with Gasteiger partial charge in [0.25, 0.3) is 0 Å². The second-order valence-corrected chi connectivity index (χ2v) is 3.61. The van der Waals surface area contributed by atoms with Gasteiger partial charge in [-0.25, -0.2) is 4.98 Å². The van der Waals surface area contributed by atoms with E-state index in [1.165, 1.54) is 24.3 Å². The minimum atomic E-state index is -4.67. The van der Waals surface area contributed by atoms with Crippen molar-refractivity contribution in [2.24, 2.45) is 0 Å². The molecule has 0 saturated carbocycles. The van der Waals surface area contributed by atoms with Gasteiger partial charge in [0.05, 0.1) is 0 Å². The standard InChI is InChI=1S/C11H10F3N3O/c1-7-6-15-10(16-7)17-8-2-4-9(5-3-8)18-11(12,13)14/h2-6H,1H3,(H2,15,16,17). The van der Waals surface area contributed by atoms with Gasteiger partial charge in [0.2, 0.25) is 5.95 Å². The van der Waals surface area contributed by atoms with Crippen molar-refractivity contribution in [1.29, 1.82) is 0 Å². The third-order valence-electron chi connectivity index (χ3n) is 2.05. The van der Waals surface area contributed by atoms with Gasteiger partial charge in [-0.05, 0) is 31.2 Å². The number of rotatable bonds is 3. The topological polar surface area (TPSA) is 49.9 Å². The second-order valence-electron chi connectivity index (χ2n) is 3.61. The molecule has 2 aromatic rings. The minimum absolute atomic E-state index is 0.260. The summed E-state index contributed by atoms with van der Waals surface area (Å²) in [6, 6.07) is 5.40. The molecule has 0 atom stereocenters. The molecule has 0 radical (unpaired) electrons. The Bertz CT molecular complexity index is 519. The summed E-state index contributed by atoms with van der Waals surface area (Å²) >= 11 is 0. The second kappa shape index (κ2) is 4.59. The van der Waals surface area contributed by atoms with E-state index in [0.29, 0.717) is 11.6 Å². The largest absolute Gasteiger partial charge is 0.573 e. The maximum atomic E-state index is 11.9. The van der Waals surface area contributed by atoms with E-state index in [1.54, 1.807) is 6.20 Å². The number of benzene rings is 1. The van der Waals surface area contributed by atoms with E-state index < -0.39 is 6.36 Å². The average molecular weight is 257 g/mol. The molecule has 2 rings (SSSR count). The highest BCUT2D eigenvalue weighted by Crippen LogP contribution is 2.24. The molecule has 0 aliphatic rings. The molecule has 0 aliphatic heterocycles. The molecule has 0 amide bonds. The number of aryl methyl sites for hydroxylation is 1. The van der Waals surface area contributed by atoms with Crippen LogP contribution in [0.25, 0.3) is 0 Å². The van der Waals surface area contributed by atoms with Crippen molar-refractivity contribution in [2.75, 3.05) is 5.32 Å². The first-order chi connectivity index (χ1) is 8.42. The molecule has 96 valence electrons. The van der Waals surface area contributed by atoms with Crippen LogP contribution in [-0.4, -0.2) is 16.3 Å². The summed E-state index contributed by atoms with van der Waals surface area (Å²) in [6.07, 6.45) is -3.03. The molecule has 0 unspecified atom stereocenters. The number of ether oxygens (including phenoxy) is 1. The van der Waals surface area contributed by atoms with Gasteiger partial charge in [0, 0.05) is 17.6 Å². The summed E-state index contributed by atoms with van der Waals surface area (Å²) < 4.78 is 39.6. The Kier molecular flexibility index (Phi) is 3.14. The van der Waals surface area contributed by atoms with Crippen molar-refractivity contribution in [2.45, 2.75) is 13.3 Å². The predicted octanol–water partition coefficient (Wildman–Crippen LogP) is 3.36. The summed E-state index contributed by atoms with van der Waals surface area (Å²) in [6.45, 7) is 1.85. The zero-order valence-corrected chi connectivity index (χ0v) is 9.38. The van der Waals surface area contributed by atoms with Crippen LogP contribution in [-0.2, 0) is 0 Å². The first-order valence-electron chi connectivity index (χ1n) is 5.07. The molecule has 1 heterocycles. The van der Waals surface area contributed by atoms with Gasteiger partial charge in [-0.3, -0.25) is 0 Å². The molecule has 7 heteroatoms. The molecule has 18 heavy (non-hydrogen) atoms. The number of imidazole rings is 1. The fourth-order valence-corrected chi connectivity index (χ4v) is 1.35. The molecule has 0 saturated heterocycles. The Labute approximate surface area is 101 Å². The summed E-state index contributed by atoms with van der Waals surface area (Å²) in [7, 11) is 0. The monoisotopic (exact) mass is 257 g/mol. The first kappa shape index (κ1) is 12.3. The highest BCUT2D eigenvalue weighted by Gasteiger charge is 2.30. The Morgan fingerprint density at radius 1 is 1.22 bits per heavy atom. The zero-order valence-electron chi connectivity index (χ0n) is 9.38. The fraction of sp³-hybridized carbons (Fsp3) is 0.182. The quantitative estimate of drug-likeness (QED) is 0.886. The molecule has 0 bridgehead atoms. The fourth-order valence-electron chi connectivity index (χ4n) is 1.35. The van der Waals surface area contributed by atoms with Crippen LogP contribution in [0.3, 0.4) is 0 Å². The zero-order chi connectivity index (χ0) is 13.2. The van der Waals surface area contributed by atoms with Crippen molar-refractivity contribution in [3.63, 3.8) is 0 Å². The first-order valence-corrected chi connectivity index (χ1v) is 5.07. The van der Waals surface area contributed by atoms with Gasteiger partial charge in [-0.1, -0.05) is 0 Å². The number of nitrogens with zero attached hydrogens (tertiary/aromatic N) is 1. The lowest BCUT2D eigenvalue weighted by atomic mass is 10.3. The van der Waals surface area contributed by atoms with E-state index in [-0.39, 0.29) is 5.75 Å². The number of hydrogen-bond donors (Lipinski definition) is 2. The number of aromatic amines is 1. The Morgan fingerprint density at radius 3 is 2.39 bits per heavy atom. The van der Waals surface area contributed by atoms with Crippen LogP contribution in [0.4, 0.5) is 24.8 Å². The van der Waals surface area contributed by atoms with Crippen LogP contribution in [0, 0.1) is 6.92 Å². The number of alkyl halides is 3. The molecular formula is C11H10F3N3O. The smallest absolute Gasteiger partial charge is 0.406 e. The molecule has 2 N–H and O–H groups in total. The van der Waals surface area contributed by atoms with E-state index in [9.17, 15) is 13.2 Å². The van der Waals surface area contributed by atoms with Gasteiger partial charge >= 0.3 is 6.36 Å². The highest BCUT2D eigenvalue weighted by molar-refractivity contribution is 5.54. The molecule has 1 aromatic carbocycles. The van der Waals surface area contributed by atoms with E-state index >= 15 is 0 Å². The van der Waals surface area contributed by atoms with Gasteiger partial charge < -0.3 is 15.0 Å². The third-order valence-corrected chi connectivity index (χ3v) is 2.05. The van der Waals surface area contributed by atoms with Crippen molar-refractivity contribution >= 4 is 11.6 Å². The number of H-pyrrole nitrogens is 1. The van der Waals surface area contributed by atoms with Crippen molar-refractivity contribution in [3.05, 3.63) is 36.2 Å². The summed E-state index contributed by atoms with van der Waals surface area (Å²) in [4.78, 5) is 6.96. The maximum absolute atomic E-state index is 11.9. The Hall–Kier alpha value is -2.18. The summed E-state index contributed by atoms with van der Waals surface area (Å²) in [5.41, 5.74) is 1.49. The van der Waals surface area contributed by atoms with Crippen LogP contribution in [0.15, 0.2) is 30.5 Å². The number of anilines is 2. The van der Waals surface area contributed by atoms with Gasteiger partial charge in [-0.2, -0.15) is 0 Å². The summed E-state index contributed by atoms with van der Waals surface area (Å²) in [5, 5.41) is 2.91. The Balaban J connectivity index is 2.04. The number of hydrogen-bond acceptors (Lipinski definition) is 3. The van der Waals surface area contributed by atoms with Crippen molar-refractivity contribution in [1.82, 2.24) is 9.97 Å². The van der Waals surface area contributed by atoms with Crippen LogP contribution in [0.5, 0.6) is 5.75 Å². The molecular weight excluding hydrogens is 247 g/mol. The maximum Gasteiger partial charge on any atom is 0.573 e. The minimum Gasteiger partial charge on any atom is -0.406 e. The molecule has 0 aliphatic carbocycles. The number of nitrogens with one attached hydrogen (secondary N) is 2. The normalized spacial score (nSPS) is 11.3. The molecule has 1 aromatic heterocycles. The van der Waals surface area contributed by atoms with Crippen LogP contribution in [0.1, 0.15) is 5.69 Å². The van der Waals surface area contributed by atoms with Crippen LogP contribution < -0.4 is 10.1 Å². The van der Waals surface area contributed by atoms with Gasteiger partial charge in [-0.15, -0.1) is 13.2 Å². The summed E-state index contributed by atoms with van der Waals surface area (Å²) in [5.74, 6) is 0.265. The van der Waals surface area contributed by atoms with Gasteiger partial charge in [0.1, 0.15) is 5.75 Å². The van der Waals surface area contributed by atoms with Crippen LogP contribution >= 0.6 is 0 Å². The SMILES string of the molecule is Cc1cnc(Nc2ccc(OC(F)(F)F)cc2)[nH]1. The van der Waals surface area contributed by atoms with E-state index in [4.69, 9.17) is 0 Å². The third kappa shape index (κ3) is 3.41.